The number of thiol groups is 1. The molecule has 2 amide bonds. The molecule has 0 fully saturated rings. The van der Waals surface area contributed by atoms with Crippen molar-refractivity contribution in [2.75, 3.05) is 18.2 Å². The van der Waals surface area contributed by atoms with Gasteiger partial charge < -0.3 is 14.8 Å². The molecular weight excluding hydrogens is 606 g/mol. The van der Waals surface area contributed by atoms with Gasteiger partial charge in [0.25, 0.3) is 5.91 Å². The minimum atomic E-state index is -5.92. The number of halogens is 6. The van der Waals surface area contributed by atoms with Crippen molar-refractivity contribution in [1.82, 2.24) is 4.90 Å². The summed E-state index contributed by atoms with van der Waals surface area (Å²) in [7, 11) is -1.74. The van der Waals surface area contributed by atoms with Gasteiger partial charge in [-0.15, -0.1) is 4.21 Å². The number of rotatable bonds is 7. The predicted octanol–water partition coefficient (Wildman–Crippen LogP) is 6.12. The normalized spacial score (nSPS) is 16.3. The van der Waals surface area contributed by atoms with Gasteiger partial charge in [0, 0.05) is 5.69 Å². The number of amides is 2. The summed E-state index contributed by atoms with van der Waals surface area (Å²) in [4.78, 5) is 39.9. The average molecular weight is 638 g/mol. The van der Waals surface area contributed by atoms with Crippen molar-refractivity contribution in [3.05, 3.63) is 59.2 Å². The summed E-state index contributed by atoms with van der Waals surface area (Å²) in [6.45, 7) is 5.61. The van der Waals surface area contributed by atoms with E-state index in [0.717, 1.165) is 17.0 Å². The standard InChI is InChI=1S/C28H30F6N2O6S/c1-6-41-21(37)14-26(27(29,30)31,28(32,33)34)17-7-9-18(10-8-17)35-23(38)22-20-12-11-19(43(5)40)13-16(20)15-36(22)24(39)42-25(2,3)4/h7-13,22H,6,14-15H2,1-5H3,(H,35,38)/p+1. The van der Waals surface area contributed by atoms with E-state index in [9.17, 15) is 44.9 Å². The van der Waals surface area contributed by atoms with Gasteiger partial charge in [-0.2, -0.15) is 26.3 Å². The third-order valence-electron chi connectivity index (χ3n) is 6.64. The van der Waals surface area contributed by atoms with Crippen molar-refractivity contribution >= 4 is 34.5 Å². The van der Waals surface area contributed by atoms with E-state index in [1.54, 1.807) is 26.8 Å². The summed E-state index contributed by atoms with van der Waals surface area (Å²) in [5, 5.41) is 2.43. The molecule has 2 atom stereocenters. The molecule has 0 spiro atoms. The zero-order chi connectivity index (χ0) is 32.5. The van der Waals surface area contributed by atoms with Crippen LogP contribution in [0.3, 0.4) is 0 Å². The number of fused-ring (bicyclic) bond motifs is 1. The Bertz CT molecular complexity index is 1390. The van der Waals surface area contributed by atoms with E-state index in [2.05, 4.69) is 10.1 Å². The summed E-state index contributed by atoms with van der Waals surface area (Å²) in [6, 6.07) is 6.08. The first-order valence-corrected chi connectivity index (χ1v) is 14.7. The third-order valence-corrected chi connectivity index (χ3v) is 7.65. The fourth-order valence-electron chi connectivity index (χ4n) is 4.68. The number of nitrogens with one attached hydrogen (secondary N) is 1. The lowest BCUT2D eigenvalue weighted by atomic mass is 9.76. The molecule has 2 aromatic rings. The van der Waals surface area contributed by atoms with Crippen LogP contribution >= 0.6 is 0 Å². The van der Waals surface area contributed by atoms with Gasteiger partial charge in [0.1, 0.15) is 28.7 Å². The average Bonchev–Trinajstić information content (AvgIpc) is 3.25. The number of hydrogen-bond acceptors (Lipinski definition) is 6. The smallest absolute Gasteiger partial charge is 0.411 e. The number of nitrogens with zero attached hydrogens (tertiary/aromatic N) is 1. The molecule has 43 heavy (non-hydrogen) atoms. The van der Waals surface area contributed by atoms with Crippen LogP contribution < -0.4 is 5.32 Å². The van der Waals surface area contributed by atoms with E-state index in [4.69, 9.17) is 4.74 Å². The first kappa shape index (κ1) is 33.9. The zero-order valence-corrected chi connectivity index (χ0v) is 24.7. The van der Waals surface area contributed by atoms with Crippen molar-refractivity contribution < 1.29 is 54.4 Å². The fourth-order valence-corrected chi connectivity index (χ4v) is 5.30. The van der Waals surface area contributed by atoms with E-state index in [-0.39, 0.29) is 12.2 Å². The Kier molecular flexibility index (Phi) is 9.59. The van der Waals surface area contributed by atoms with Crippen LogP contribution in [0.25, 0.3) is 0 Å². The minimum absolute atomic E-state index is 0.0776. The molecule has 1 aliphatic rings. The zero-order valence-electron chi connectivity index (χ0n) is 23.9. The Morgan fingerprint density at radius 1 is 0.977 bits per heavy atom. The second-order valence-electron chi connectivity index (χ2n) is 10.8. The lowest BCUT2D eigenvalue weighted by Gasteiger charge is -2.37. The van der Waals surface area contributed by atoms with E-state index in [1.807, 2.05) is 0 Å². The van der Waals surface area contributed by atoms with Gasteiger partial charge in [0.2, 0.25) is 0 Å². The molecule has 15 heteroatoms. The van der Waals surface area contributed by atoms with Gasteiger partial charge in [-0.1, -0.05) is 18.2 Å². The number of carbonyl (C=O) groups is 3. The number of ether oxygens (including phenoxy) is 2. The SMILES string of the molecule is CCOC(=O)CC(c1ccc(NC(=O)C2c3ccc([SH+](C)=O)cc3CN2C(=O)OC(C)(C)C)cc1)(C(F)(F)F)C(F)(F)F. The third kappa shape index (κ3) is 7.13. The van der Waals surface area contributed by atoms with Gasteiger partial charge >= 0.3 is 24.4 Å². The molecule has 2 aromatic carbocycles. The Morgan fingerprint density at radius 2 is 1.56 bits per heavy atom. The van der Waals surface area contributed by atoms with Crippen molar-refractivity contribution in [2.45, 2.75) is 75.0 Å². The molecule has 1 aliphatic heterocycles. The maximum Gasteiger partial charge on any atom is 0.411 e. The molecule has 3 rings (SSSR count). The molecule has 1 heterocycles. The lowest BCUT2D eigenvalue weighted by Crippen LogP contribution is -2.55. The Labute approximate surface area is 246 Å². The van der Waals surface area contributed by atoms with E-state index in [1.165, 1.54) is 25.3 Å². The van der Waals surface area contributed by atoms with Crippen LogP contribution in [0.5, 0.6) is 0 Å². The van der Waals surface area contributed by atoms with Crippen LogP contribution in [0, 0.1) is 0 Å². The Balaban J connectivity index is 1.99. The fraction of sp³-hybridized carbons (Fsp3) is 0.464. The number of benzene rings is 2. The van der Waals surface area contributed by atoms with Gasteiger partial charge in [-0.05, 0) is 68.7 Å². The molecule has 8 nitrogen and oxygen atoms in total. The number of carbonyl (C=O) groups excluding carboxylic acids is 3. The van der Waals surface area contributed by atoms with Gasteiger partial charge in [0.15, 0.2) is 10.3 Å². The highest BCUT2D eigenvalue weighted by Gasteiger charge is 2.72. The molecule has 0 aliphatic carbocycles. The van der Waals surface area contributed by atoms with Crippen LogP contribution in [0.4, 0.5) is 36.8 Å². The van der Waals surface area contributed by atoms with Crippen LogP contribution in [0.15, 0.2) is 47.4 Å². The molecule has 2 unspecified atom stereocenters. The summed E-state index contributed by atoms with van der Waals surface area (Å²) in [6.07, 6.45) is -13.2. The van der Waals surface area contributed by atoms with Gasteiger partial charge in [-0.25, -0.2) is 4.79 Å². The Hall–Kier alpha value is -3.62. The van der Waals surface area contributed by atoms with Crippen molar-refractivity contribution in [3.8, 4) is 0 Å². The second kappa shape index (κ2) is 12.2. The lowest BCUT2D eigenvalue weighted by molar-refractivity contribution is -0.305. The van der Waals surface area contributed by atoms with Gasteiger partial charge in [-0.3, -0.25) is 14.5 Å². The minimum Gasteiger partial charge on any atom is -0.466 e. The van der Waals surface area contributed by atoms with Crippen LogP contribution in [0.1, 0.15) is 56.8 Å². The highest BCUT2D eigenvalue weighted by Crippen LogP contribution is 2.54. The highest BCUT2D eigenvalue weighted by atomic mass is 32.2. The van der Waals surface area contributed by atoms with Crippen molar-refractivity contribution in [1.29, 1.82) is 0 Å². The van der Waals surface area contributed by atoms with E-state index in [0.29, 0.717) is 28.2 Å². The largest absolute Gasteiger partial charge is 0.466 e. The maximum absolute atomic E-state index is 14.1. The molecule has 1 N–H and O–H groups in total. The number of alkyl halides is 6. The first-order valence-electron chi connectivity index (χ1n) is 13.0. The maximum atomic E-state index is 14.1. The molecule has 0 saturated heterocycles. The number of esters is 1. The molecule has 0 aromatic heterocycles. The first-order chi connectivity index (χ1) is 19.7. The highest BCUT2D eigenvalue weighted by molar-refractivity contribution is 7.84. The van der Waals surface area contributed by atoms with Crippen LogP contribution in [-0.4, -0.2) is 53.7 Å². The summed E-state index contributed by atoms with van der Waals surface area (Å²) < 4.78 is 106. The monoisotopic (exact) mass is 637 g/mol. The molecule has 236 valence electrons. The quantitative estimate of drug-likeness (QED) is 0.170. The topological polar surface area (TPSA) is 102 Å². The van der Waals surface area contributed by atoms with Crippen molar-refractivity contribution in [3.63, 3.8) is 0 Å². The summed E-state index contributed by atoms with van der Waals surface area (Å²) in [5.74, 6) is -2.51. The molecular formula is C28H31F6N2O6S+. The van der Waals surface area contributed by atoms with E-state index < -0.39 is 76.8 Å². The summed E-state index contributed by atoms with van der Waals surface area (Å²) in [5.41, 5.74) is -6.04. The molecule has 0 saturated carbocycles. The number of anilines is 1. The van der Waals surface area contributed by atoms with Crippen molar-refractivity contribution in [2.24, 2.45) is 0 Å². The van der Waals surface area contributed by atoms with E-state index >= 15 is 0 Å². The molecule has 0 bridgehead atoms. The Morgan fingerprint density at radius 3 is 2.05 bits per heavy atom. The predicted molar refractivity (Wildman–Crippen MR) is 145 cm³/mol. The summed E-state index contributed by atoms with van der Waals surface area (Å²) >= 11 is 0. The van der Waals surface area contributed by atoms with Gasteiger partial charge in [0.05, 0.1) is 19.6 Å². The molecule has 0 radical (unpaired) electrons. The second-order valence-corrected chi connectivity index (χ2v) is 12.4. The number of hydrogen-bond donors (Lipinski definition) is 1. The van der Waals surface area contributed by atoms with Crippen LogP contribution in [-0.2, 0) is 46.0 Å². The van der Waals surface area contributed by atoms with Crippen LogP contribution in [0.2, 0.25) is 0 Å².